The van der Waals surface area contributed by atoms with Crippen LogP contribution < -0.4 is 4.90 Å². The van der Waals surface area contributed by atoms with Crippen LogP contribution in [0.5, 0.6) is 0 Å². The van der Waals surface area contributed by atoms with Gasteiger partial charge >= 0.3 is 5.97 Å². The van der Waals surface area contributed by atoms with Gasteiger partial charge in [-0.1, -0.05) is 0 Å². The number of fused-ring (bicyclic) bond motifs is 1. The molecule has 1 aromatic heterocycles. The highest BCUT2D eigenvalue weighted by Crippen LogP contribution is 2.25. The molecular formula is C16H19N3O2. The average molecular weight is 285 g/mol. The number of carbonyl (C=O) groups excluding carboxylic acids is 1. The van der Waals surface area contributed by atoms with Crippen LogP contribution in [0.2, 0.25) is 0 Å². The maximum absolute atomic E-state index is 11.8. The molecule has 21 heavy (non-hydrogen) atoms. The maximum Gasteiger partial charge on any atom is 0.309 e. The fourth-order valence-corrected chi connectivity index (χ4v) is 2.78. The zero-order valence-electron chi connectivity index (χ0n) is 12.2. The number of hydrogen-bond donors (Lipinski definition) is 0. The summed E-state index contributed by atoms with van der Waals surface area (Å²) < 4.78 is 5.10. The number of hydrogen-bond acceptors (Lipinski definition) is 5. The smallest absolute Gasteiger partial charge is 0.309 e. The van der Waals surface area contributed by atoms with Crippen LogP contribution in [0.15, 0.2) is 30.6 Å². The lowest BCUT2D eigenvalue weighted by atomic mass is 9.96. The Morgan fingerprint density at radius 3 is 2.67 bits per heavy atom. The molecular weight excluding hydrogens is 266 g/mol. The van der Waals surface area contributed by atoms with Crippen LogP contribution in [0, 0.1) is 5.92 Å². The number of ether oxygens (including phenoxy) is 1. The van der Waals surface area contributed by atoms with Crippen LogP contribution in [0.1, 0.15) is 19.8 Å². The first-order chi connectivity index (χ1) is 10.3. The van der Waals surface area contributed by atoms with Crippen molar-refractivity contribution < 1.29 is 9.53 Å². The second-order valence-corrected chi connectivity index (χ2v) is 5.24. The van der Waals surface area contributed by atoms with E-state index in [2.05, 4.69) is 27.0 Å². The van der Waals surface area contributed by atoms with Crippen LogP contribution in [0.25, 0.3) is 11.0 Å². The number of aromatic nitrogens is 2. The van der Waals surface area contributed by atoms with Gasteiger partial charge in [-0.3, -0.25) is 14.8 Å². The number of carbonyl (C=O) groups is 1. The van der Waals surface area contributed by atoms with E-state index < -0.39 is 0 Å². The molecule has 0 amide bonds. The minimum absolute atomic E-state index is 0.0430. The first kappa shape index (κ1) is 13.8. The van der Waals surface area contributed by atoms with Gasteiger partial charge in [0.2, 0.25) is 0 Å². The molecule has 5 nitrogen and oxygen atoms in total. The Hall–Kier alpha value is -2.17. The predicted molar refractivity (Wildman–Crippen MR) is 81.1 cm³/mol. The van der Waals surface area contributed by atoms with Crippen LogP contribution in [0.4, 0.5) is 5.69 Å². The van der Waals surface area contributed by atoms with Gasteiger partial charge in [-0.05, 0) is 38.0 Å². The van der Waals surface area contributed by atoms with Crippen LogP contribution in [-0.4, -0.2) is 35.6 Å². The molecule has 2 heterocycles. The Bertz CT molecular complexity index is 636. The molecule has 3 rings (SSSR count). The predicted octanol–water partition coefficient (Wildman–Crippen LogP) is 2.41. The van der Waals surface area contributed by atoms with Gasteiger partial charge in [0.25, 0.3) is 0 Å². The van der Waals surface area contributed by atoms with Gasteiger partial charge in [0.1, 0.15) is 0 Å². The fourth-order valence-electron chi connectivity index (χ4n) is 2.78. The van der Waals surface area contributed by atoms with E-state index in [1.165, 1.54) is 0 Å². The number of rotatable bonds is 3. The minimum Gasteiger partial charge on any atom is -0.466 e. The van der Waals surface area contributed by atoms with E-state index in [1.54, 1.807) is 12.4 Å². The third kappa shape index (κ3) is 2.96. The minimum atomic E-state index is -0.0541. The highest BCUT2D eigenvalue weighted by Gasteiger charge is 2.26. The van der Waals surface area contributed by atoms with Crippen molar-refractivity contribution in [3.8, 4) is 0 Å². The number of anilines is 1. The molecule has 0 saturated carbocycles. The summed E-state index contributed by atoms with van der Waals surface area (Å²) in [6.07, 6.45) is 5.10. The molecule has 1 fully saturated rings. The lowest BCUT2D eigenvalue weighted by Gasteiger charge is -2.32. The summed E-state index contributed by atoms with van der Waals surface area (Å²) in [6.45, 7) is 4.05. The average Bonchev–Trinajstić information content (AvgIpc) is 2.55. The summed E-state index contributed by atoms with van der Waals surface area (Å²) >= 11 is 0. The van der Waals surface area contributed by atoms with E-state index in [0.717, 1.165) is 42.7 Å². The molecule has 2 aromatic rings. The molecule has 1 aliphatic rings. The molecule has 1 saturated heterocycles. The van der Waals surface area contributed by atoms with Gasteiger partial charge in [0.15, 0.2) is 0 Å². The lowest BCUT2D eigenvalue weighted by Crippen LogP contribution is -2.36. The lowest BCUT2D eigenvalue weighted by molar-refractivity contribution is -0.148. The maximum atomic E-state index is 11.8. The Labute approximate surface area is 124 Å². The monoisotopic (exact) mass is 285 g/mol. The molecule has 0 unspecified atom stereocenters. The first-order valence-corrected chi connectivity index (χ1v) is 7.40. The van der Waals surface area contributed by atoms with Crippen molar-refractivity contribution in [1.82, 2.24) is 9.97 Å². The zero-order valence-corrected chi connectivity index (χ0v) is 12.2. The van der Waals surface area contributed by atoms with E-state index >= 15 is 0 Å². The van der Waals surface area contributed by atoms with E-state index in [4.69, 9.17) is 4.74 Å². The Balaban J connectivity index is 1.69. The number of esters is 1. The largest absolute Gasteiger partial charge is 0.466 e. The van der Waals surface area contributed by atoms with Gasteiger partial charge in [-0.25, -0.2) is 0 Å². The summed E-state index contributed by atoms with van der Waals surface area (Å²) in [5.41, 5.74) is 2.95. The first-order valence-electron chi connectivity index (χ1n) is 7.40. The topological polar surface area (TPSA) is 55.3 Å². The van der Waals surface area contributed by atoms with Gasteiger partial charge in [-0.2, -0.15) is 0 Å². The van der Waals surface area contributed by atoms with Gasteiger partial charge < -0.3 is 9.64 Å². The van der Waals surface area contributed by atoms with Crippen molar-refractivity contribution in [3.05, 3.63) is 30.6 Å². The van der Waals surface area contributed by atoms with Crippen LogP contribution in [-0.2, 0) is 9.53 Å². The Morgan fingerprint density at radius 2 is 1.95 bits per heavy atom. The summed E-state index contributed by atoms with van der Waals surface area (Å²) in [5.74, 6) is -0.0111. The molecule has 0 aliphatic carbocycles. The molecule has 1 aromatic carbocycles. The summed E-state index contributed by atoms with van der Waals surface area (Å²) in [4.78, 5) is 22.7. The van der Waals surface area contributed by atoms with Crippen LogP contribution >= 0.6 is 0 Å². The van der Waals surface area contributed by atoms with Gasteiger partial charge in [-0.15, -0.1) is 0 Å². The van der Waals surface area contributed by atoms with Crippen molar-refractivity contribution in [2.24, 2.45) is 5.92 Å². The van der Waals surface area contributed by atoms with Crippen LogP contribution in [0.3, 0.4) is 0 Å². The fraction of sp³-hybridized carbons (Fsp3) is 0.438. The standard InChI is InChI=1S/C16H19N3O2/c1-2-21-16(20)12-5-9-19(10-6-12)13-3-4-14-15(11-13)18-8-7-17-14/h3-4,7-8,11-12H,2,5-6,9-10H2,1H3. The highest BCUT2D eigenvalue weighted by molar-refractivity contribution is 5.78. The second-order valence-electron chi connectivity index (χ2n) is 5.24. The van der Waals surface area contributed by atoms with Crippen molar-refractivity contribution in [2.75, 3.05) is 24.6 Å². The number of piperidine rings is 1. The Morgan fingerprint density at radius 1 is 1.24 bits per heavy atom. The normalized spacial score (nSPS) is 16.1. The van der Waals surface area contributed by atoms with Crippen molar-refractivity contribution >= 4 is 22.7 Å². The van der Waals surface area contributed by atoms with E-state index in [0.29, 0.717) is 6.61 Å². The SMILES string of the molecule is CCOC(=O)C1CCN(c2ccc3nccnc3c2)CC1. The second kappa shape index (κ2) is 6.08. The molecule has 0 radical (unpaired) electrons. The molecule has 0 bridgehead atoms. The summed E-state index contributed by atoms with van der Waals surface area (Å²) in [6, 6.07) is 6.13. The van der Waals surface area contributed by atoms with E-state index in [9.17, 15) is 4.79 Å². The summed E-state index contributed by atoms with van der Waals surface area (Å²) in [5, 5.41) is 0. The molecule has 5 heteroatoms. The van der Waals surface area contributed by atoms with Crippen molar-refractivity contribution in [1.29, 1.82) is 0 Å². The molecule has 1 aliphatic heterocycles. The highest BCUT2D eigenvalue weighted by atomic mass is 16.5. The quantitative estimate of drug-likeness (QED) is 0.811. The number of nitrogens with zero attached hydrogens (tertiary/aromatic N) is 3. The molecule has 0 N–H and O–H groups in total. The Kier molecular flexibility index (Phi) is 3.99. The third-order valence-corrected chi connectivity index (χ3v) is 3.93. The number of benzene rings is 1. The van der Waals surface area contributed by atoms with Crippen molar-refractivity contribution in [3.63, 3.8) is 0 Å². The third-order valence-electron chi connectivity index (χ3n) is 3.93. The van der Waals surface area contributed by atoms with E-state index in [1.807, 2.05) is 13.0 Å². The van der Waals surface area contributed by atoms with E-state index in [-0.39, 0.29) is 11.9 Å². The molecule has 0 spiro atoms. The van der Waals surface area contributed by atoms with Gasteiger partial charge in [0, 0.05) is 31.2 Å². The zero-order chi connectivity index (χ0) is 14.7. The molecule has 0 atom stereocenters. The van der Waals surface area contributed by atoms with Crippen molar-refractivity contribution in [2.45, 2.75) is 19.8 Å². The van der Waals surface area contributed by atoms with Gasteiger partial charge in [0.05, 0.1) is 23.6 Å². The molecule has 110 valence electrons. The summed E-state index contributed by atoms with van der Waals surface area (Å²) in [7, 11) is 0.